The third-order valence-corrected chi connectivity index (χ3v) is 2.75. The Morgan fingerprint density at radius 3 is 2.58 bits per heavy atom. The van der Waals surface area contributed by atoms with Crippen LogP contribution in [-0.2, 0) is 0 Å². The highest BCUT2D eigenvalue weighted by molar-refractivity contribution is 4.96. The summed E-state index contributed by atoms with van der Waals surface area (Å²) in [5.74, 6) is 0.932. The third-order valence-electron chi connectivity index (χ3n) is 2.75. The number of hydrogen-bond donors (Lipinski definition) is 1. The van der Waals surface area contributed by atoms with Crippen LogP contribution in [0.3, 0.4) is 0 Å². The molecule has 0 aromatic carbocycles. The molecule has 0 amide bonds. The molecule has 0 aromatic heterocycles. The maximum Gasteiger partial charge on any atom is 0.0132 e. The molecule has 1 aliphatic rings. The van der Waals surface area contributed by atoms with Crippen LogP contribution in [0.2, 0.25) is 0 Å². The third kappa shape index (κ3) is 2.63. The fourth-order valence-electron chi connectivity index (χ4n) is 1.89. The SMILES string of the molecule is C=C(C)CC(NCC)C1CCC1. The molecule has 0 saturated heterocycles. The van der Waals surface area contributed by atoms with Crippen LogP contribution in [-0.4, -0.2) is 12.6 Å². The minimum absolute atomic E-state index is 0.709. The van der Waals surface area contributed by atoms with E-state index in [1.807, 2.05) is 0 Å². The number of hydrogen-bond acceptors (Lipinski definition) is 1. The van der Waals surface area contributed by atoms with Gasteiger partial charge in [0.25, 0.3) is 0 Å². The summed E-state index contributed by atoms with van der Waals surface area (Å²) in [6, 6.07) is 0.709. The van der Waals surface area contributed by atoms with Crippen molar-refractivity contribution < 1.29 is 0 Å². The molecule has 1 aliphatic carbocycles. The number of rotatable bonds is 5. The van der Waals surface area contributed by atoms with E-state index in [9.17, 15) is 0 Å². The Kier molecular flexibility index (Phi) is 3.80. The first kappa shape index (κ1) is 9.79. The van der Waals surface area contributed by atoms with Crippen molar-refractivity contribution in [2.45, 2.75) is 45.6 Å². The van der Waals surface area contributed by atoms with Gasteiger partial charge in [0.15, 0.2) is 0 Å². The summed E-state index contributed by atoms with van der Waals surface area (Å²) in [5.41, 5.74) is 1.31. The summed E-state index contributed by atoms with van der Waals surface area (Å²) in [6.45, 7) is 9.38. The molecule has 1 fully saturated rings. The molecule has 70 valence electrons. The average Bonchev–Trinajstić information content (AvgIpc) is 1.81. The monoisotopic (exact) mass is 167 g/mol. The summed E-state index contributed by atoms with van der Waals surface area (Å²) in [5, 5.41) is 3.56. The van der Waals surface area contributed by atoms with Crippen molar-refractivity contribution in [3.8, 4) is 0 Å². The van der Waals surface area contributed by atoms with E-state index in [0.29, 0.717) is 6.04 Å². The van der Waals surface area contributed by atoms with E-state index < -0.39 is 0 Å². The van der Waals surface area contributed by atoms with Gasteiger partial charge in [-0.3, -0.25) is 0 Å². The summed E-state index contributed by atoms with van der Waals surface area (Å²) in [6.07, 6.45) is 5.44. The van der Waals surface area contributed by atoms with Crippen molar-refractivity contribution in [3.05, 3.63) is 12.2 Å². The van der Waals surface area contributed by atoms with Crippen molar-refractivity contribution in [1.29, 1.82) is 0 Å². The Morgan fingerprint density at radius 1 is 1.58 bits per heavy atom. The van der Waals surface area contributed by atoms with Crippen LogP contribution >= 0.6 is 0 Å². The van der Waals surface area contributed by atoms with Gasteiger partial charge in [-0.2, -0.15) is 0 Å². The Hall–Kier alpha value is -0.300. The van der Waals surface area contributed by atoms with Crippen molar-refractivity contribution in [3.63, 3.8) is 0 Å². The van der Waals surface area contributed by atoms with E-state index >= 15 is 0 Å². The van der Waals surface area contributed by atoms with Crippen LogP contribution in [0, 0.1) is 5.92 Å². The highest BCUT2D eigenvalue weighted by atomic mass is 14.9. The molecular formula is C11H21N. The summed E-state index contributed by atoms with van der Waals surface area (Å²) < 4.78 is 0. The lowest BCUT2D eigenvalue weighted by molar-refractivity contribution is 0.229. The average molecular weight is 167 g/mol. The van der Waals surface area contributed by atoms with Gasteiger partial charge in [0.2, 0.25) is 0 Å². The van der Waals surface area contributed by atoms with Crippen LogP contribution < -0.4 is 5.32 Å². The first-order valence-corrected chi connectivity index (χ1v) is 5.11. The fraction of sp³-hybridized carbons (Fsp3) is 0.818. The zero-order valence-corrected chi connectivity index (χ0v) is 8.40. The van der Waals surface area contributed by atoms with Gasteiger partial charge in [-0.05, 0) is 38.6 Å². The standard InChI is InChI=1S/C11H21N/c1-4-12-11(8-9(2)3)10-6-5-7-10/h10-12H,2,4-8H2,1,3H3. The molecule has 1 nitrogen and oxygen atoms in total. The summed E-state index contributed by atoms with van der Waals surface area (Å²) >= 11 is 0. The first-order valence-electron chi connectivity index (χ1n) is 5.11. The molecule has 0 radical (unpaired) electrons. The molecule has 1 saturated carbocycles. The molecule has 0 aromatic rings. The fourth-order valence-corrected chi connectivity index (χ4v) is 1.89. The Labute approximate surface area is 76.2 Å². The Bertz CT molecular complexity index is 147. The molecule has 1 heteroatoms. The highest BCUT2D eigenvalue weighted by Gasteiger charge is 2.25. The van der Waals surface area contributed by atoms with E-state index in [-0.39, 0.29) is 0 Å². The zero-order chi connectivity index (χ0) is 8.97. The maximum absolute atomic E-state index is 3.98. The molecule has 1 N–H and O–H groups in total. The van der Waals surface area contributed by atoms with E-state index in [1.54, 1.807) is 0 Å². The van der Waals surface area contributed by atoms with Crippen molar-refractivity contribution >= 4 is 0 Å². The molecule has 0 spiro atoms. The van der Waals surface area contributed by atoms with E-state index in [4.69, 9.17) is 0 Å². The second-order valence-corrected chi connectivity index (χ2v) is 4.02. The molecule has 1 atom stereocenters. The van der Waals surface area contributed by atoms with Crippen molar-refractivity contribution in [2.75, 3.05) is 6.54 Å². The van der Waals surface area contributed by atoms with E-state index in [1.165, 1.54) is 31.3 Å². The maximum atomic E-state index is 3.98. The predicted molar refractivity (Wildman–Crippen MR) is 54.2 cm³/mol. The quantitative estimate of drug-likeness (QED) is 0.621. The van der Waals surface area contributed by atoms with Crippen LogP contribution in [0.1, 0.15) is 39.5 Å². The van der Waals surface area contributed by atoms with Crippen molar-refractivity contribution in [1.82, 2.24) is 5.32 Å². The number of nitrogens with one attached hydrogen (secondary N) is 1. The minimum atomic E-state index is 0.709. The lowest BCUT2D eigenvalue weighted by Crippen LogP contribution is -2.39. The first-order chi connectivity index (χ1) is 5.74. The Morgan fingerprint density at radius 2 is 2.25 bits per heavy atom. The minimum Gasteiger partial charge on any atom is -0.314 e. The lowest BCUT2D eigenvalue weighted by atomic mass is 9.78. The topological polar surface area (TPSA) is 12.0 Å². The second kappa shape index (κ2) is 4.66. The van der Waals surface area contributed by atoms with Crippen LogP contribution in [0.5, 0.6) is 0 Å². The second-order valence-electron chi connectivity index (χ2n) is 4.02. The van der Waals surface area contributed by atoms with Gasteiger partial charge in [0, 0.05) is 6.04 Å². The predicted octanol–water partition coefficient (Wildman–Crippen LogP) is 2.73. The van der Waals surface area contributed by atoms with Gasteiger partial charge in [-0.15, -0.1) is 6.58 Å². The molecule has 1 unspecified atom stereocenters. The summed E-state index contributed by atoms with van der Waals surface area (Å²) in [4.78, 5) is 0. The van der Waals surface area contributed by atoms with Gasteiger partial charge < -0.3 is 5.32 Å². The van der Waals surface area contributed by atoms with E-state index in [2.05, 4.69) is 25.7 Å². The highest BCUT2D eigenvalue weighted by Crippen LogP contribution is 2.31. The van der Waals surface area contributed by atoms with Gasteiger partial charge in [-0.25, -0.2) is 0 Å². The molecule has 12 heavy (non-hydrogen) atoms. The van der Waals surface area contributed by atoms with Crippen LogP contribution in [0.4, 0.5) is 0 Å². The lowest BCUT2D eigenvalue weighted by Gasteiger charge is -2.34. The van der Waals surface area contributed by atoms with Crippen LogP contribution in [0.15, 0.2) is 12.2 Å². The normalized spacial score (nSPS) is 20.2. The van der Waals surface area contributed by atoms with E-state index in [0.717, 1.165) is 12.5 Å². The zero-order valence-electron chi connectivity index (χ0n) is 8.40. The van der Waals surface area contributed by atoms with Gasteiger partial charge >= 0.3 is 0 Å². The molecule has 1 rings (SSSR count). The van der Waals surface area contributed by atoms with Gasteiger partial charge in [-0.1, -0.05) is 18.9 Å². The molecular weight excluding hydrogens is 146 g/mol. The van der Waals surface area contributed by atoms with Gasteiger partial charge in [0.1, 0.15) is 0 Å². The van der Waals surface area contributed by atoms with Crippen LogP contribution in [0.25, 0.3) is 0 Å². The smallest absolute Gasteiger partial charge is 0.0132 e. The molecule has 0 bridgehead atoms. The Balaban J connectivity index is 2.31. The van der Waals surface area contributed by atoms with Crippen molar-refractivity contribution in [2.24, 2.45) is 5.92 Å². The van der Waals surface area contributed by atoms with Gasteiger partial charge in [0.05, 0.1) is 0 Å². The molecule has 0 heterocycles. The summed E-state index contributed by atoms with van der Waals surface area (Å²) in [7, 11) is 0. The largest absolute Gasteiger partial charge is 0.314 e. The molecule has 0 aliphatic heterocycles.